The topological polar surface area (TPSA) is 69.1 Å². The maximum absolute atomic E-state index is 9.00. The second-order valence-corrected chi connectivity index (χ2v) is 4.68. The molecule has 0 radical (unpaired) electrons. The molecule has 0 unspecified atom stereocenters. The predicted octanol–water partition coefficient (Wildman–Crippen LogP) is 4.04. The molecule has 0 bridgehead atoms. The number of nitrogens with two attached hydrogens (primary N) is 2. The maximum atomic E-state index is 9.00. The van der Waals surface area contributed by atoms with Crippen molar-refractivity contribution in [2.24, 2.45) is 11.5 Å². The van der Waals surface area contributed by atoms with Crippen molar-refractivity contribution in [3.63, 3.8) is 0 Å². The highest BCUT2D eigenvalue weighted by atomic mass is 16.2. The van der Waals surface area contributed by atoms with Crippen LogP contribution >= 0.6 is 0 Å². The Hall–Kier alpha value is -3.07. The highest BCUT2D eigenvalue weighted by Crippen LogP contribution is 2.31. The van der Waals surface area contributed by atoms with Gasteiger partial charge in [-0.25, -0.2) is 4.79 Å². The summed E-state index contributed by atoms with van der Waals surface area (Å²) in [4.78, 5) is 9.00. The Morgan fingerprint density at radius 3 is 1.14 bits per heavy atom. The Morgan fingerprint density at radius 2 is 0.818 bits per heavy atom. The molecule has 3 aromatic rings. The molecule has 0 aliphatic heterocycles. The van der Waals surface area contributed by atoms with Gasteiger partial charge in [0.15, 0.2) is 0 Å². The van der Waals surface area contributed by atoms with Crippen molar-refractivity contribution < 1.29 is 4.79 Å². The number of hydrogen-bond donors (Lipinski definition) is 2. The van der Waals surface area contributed by atoms with E-state index in [0.717, 1.165) is 0 Å². The highest BCUT2D eigenvalue weighted by molar-refractivity contribution is 5.83. The Balaban J connectivity index is 0.000000396. The average molecular weight is 290 g/mol. The lowest BCUT2D eigenvalue weighted by Gasteiger charge is -2.09. The summed E-state index contributed by atoms with van der Waals surface area (Å²) in [6.45, 7) is 0. The number of benzene rings is 3. The van der Waals surface area contributed by atoms with Gasteiger partial charge in [-0.05, 0) is 22.3 Å². The van der Waals surface area contributed by atoms with Gasteiger partial charge in [-0.2, -0.15) is 0 Å². The second-order valence-electron chi connectivity index (χ2n) is 4.68. The number of urea groups is 1. The van der Waals surface area contributed by atoms with Crippen molar-refractivity contribution in [3.8, 4) is 22.3 Å². The first-order chi connectivity index (χ1) is 10.7. The number of carbonyl (C=O) groups is 1. The molecule has 4 N–H and O–H groups in total. The minimum absolute atomic E-state index is 0.833. The smallest absolute Gasteiger partial charge is 0.309 e. The van der Waals surface area contributed by atoms with Gasteiger partial charge in [-0.1, -0.05) is 84.9 Å². The monoisotopic (exact) mass is 290 g/mol. The molecular formula is C19H18N2O. The highest BCUT2D eigenvalue weighted by Gasteiger charge is 2.05. The van der Waals surface area contributed by atoms with Gasteiger partial charge >= 0.3 is 6.03 Å². The van der Waals surface area contributed by atoms with Crippen molar-refractivity contribution in [3.05, 3.63) is 84.9 Å². The molecule has 0 spiro atoms. The molecule has 0 aromatic heterocycles. The van der Waals surface area contributed by atoms with Crippen LogP contribution in [0.3, 0.4) is 0 Å². The molecule has 0 fully saturated rings. The lowest BCUT2D eigenvalue weighted by molar-refractivity contribution is 0.256. The van der Waals surface area contributed by atoms with Gasteiger partial charge in [0.05, 0.1) is 0 Å². The third-order valence-corrected chi connectivity index (χ3v) is 3.10. The quantitative estimate of drug-likeness (QED) is 0.734. The summed E-state index contributed by atoms with van der Waals surface area (Å²) in [5.41, 5.74) is 13.6. The molecule has 0 atom stereocenters. The fourth-order valence-corrected chi connectivity index (χ4v) is 2.22. The van der Waals surface area contributed by atoms with Crippen molar-refractivity contribution in [2.45, 2.75) is 0 Å². The summed E-state index contributed by atoms with van der Waals surface area (Å²) in [5.74, 6) is 0. The van der Waals surface area contributed by atoms with Crippen molar-refractivity contribution in [2.75, 3.05) is 0 Å². The summed E-state index contributed by atoms with van der Waals surface area (Å²) < 4.78 is 0. The summed E-state index contributed by atoms with van der Waals surface area (Å²) in [7, 11) is 0. The van der Waals surface area contributed by atoms with Crippen molar-refractivity contribution in [1.82, 2.24) is 0 Å². The molecule has 3 aromatic carbocycles. The van der Waals surface area contributed by atoms with E-state index < -0.39 is 6.03 Å². The minimum Gasteiger partial charge on any atom is -0.352 e. The third kappa shape index (κ3) is 4.21. The number of hydrogen-bond acceptors (Lipinski definition) is 1. The molecule has 0 heterocycles. The fraction of sp³-hybridized carbons (Fsp3) is 0. The number of primary amides is 2. The normalized spacial score (nSPS) is 9.45. The Bertz CT molecular complexity index is 662. The van der Waals surface area contributed by atoms with Gasteiger partial charge in [-0.3, -0.25) is 0 Å². The first-order valence-electron chi connectivity index (χ1n) is 6.93. The zero-order valence-electron chi connectivity index (χ0n) is 12.1. The molecule has 3 rings (SSSR count). The molecule has 110 valence electrons. The van der Waals surface area contributed by atoms with Crippen LogP contribution < -0.4 is 11.5 Å². The predicted molar refractivity (Wildman–Crippen MR) is 91.1 cm³/mol. The van der Waals surface area contributed by atoms with Crippen LogP contribution in [-0.4, -0.2) is 6.03 Å². The Kier molecular flexibility index (Phi) is 5.32. The van der Waals surface area contributed by atoms with Gasteiger partial charge in [0.1, 0.15) is 0 Å². The van der Waals surface area contributed by atoms with E-state index in [0.29, 0.717) is 0 Å². The lowest BCUT2D eigenvalue weighted by Crippen LogP contribution is -2.18. The third-order valence-electron chi connectivity index (χ3n) is 3.10. The van der Waals surface area contributed by atoms with Crippen LogP contribution in [0.15, 0.2) is 84.9 Å². The van der Waals surface area contributed by atoms with Crippen LogP contribution in [0.2, 0.25) is 0 Å². The van der Waals surface area contributed by atoms with Crippen LogP contribution in [0, 0.1) is 0 Å². The summed E-state index contributed by atoms with van der Waals surface area (Å²) in [6, 6.07) is 28.7. The zero-order valence-corrected chi connectivity index (χ0v) is 12.1. The molecular weight excluding hydrogens is 272 g/mol. The SMILES string of the molecule is NC(N)=O.c1ccc(-c2ccccc2-c2ccccc2)cc1. The molecule has 0 saturated carbocycles. The van der Waals surface area contributed by atoms with E-state index in [-0.39, 0.29) is 0 Å². The van der Waals surface area contributed by atoms with E-state index in [1.165, 1.54) is 22.3 Å². The van der Waals surface area contributed by atoms with E-state index in [1.54, 1.807) is 0 Å². The first kappa shape index (κ1) is 15.3. The molecule has 0 aliphatic carbocycles. The number of rotatable bonds is 2. The van der Waals surface area contributed by atoms with Crippen molar-refractivity contribution >= 4 is 6.03 Å². The van der Waals surface area contributed by atoms with E-state index in [2.05, 4.69) is 96.4 Å². The molecule has 3 heteroatoms. The van der Waals surface area contributed by atoms with Gasteiger partial charge < -0.3 is 11.5 Å². The van der Waals surface area contributed by atoms with Crippen LogP contribution in [0.4, 0.5) is 4.79 Å². The average Bonchev–Trinajstić information content (AvgIpc) is 2.56. The van der Waals surface area contributed by atoms with Crippen LogP contribution in [0.1, 0.15) is 0 Å². The van der Waals surface area contributed by atoms with E-state index >= 15 is 0 Å². The summed E-state index contributed by atoms with van der Waals surface area (Å²) >= 11 is 0. The summed E-state index contributed by atoms with van der Waals surface area (Å²) in [6.07, 6.45) is 0. The minimum atomic E-state index is -0.833. The number of carbonyl (C=O) groups excluding carboxylic acids is 1. The lowest BCUT2D eigenvalue weighted by atomic mass is 9.95. The second kappa shape index (κ2) is 7.64. The fourth-order valence-electron chi connectivity index (χ4n) is 2.22. The molecule has 0 saturated heterocycles. The van der Waals surface area contributed by atoms with Gasteiger partial charge in [-0.15, -0.1) is 0 Å². The Labute approximate surface area is 130 Å². The van der Waals surface area contributed by atoms with Crippen LogP contribution in [-0.2, 0) is 0 Å². The van der Waals surface area contributed by atoms with E-state index in [4.69, 9.17) is 4.79 Å². The molecule has 0 aliphatic rings. The van der Waals surface area contributed by atoms with Gasteiger partial charge in [0.25, 0.3) is 0 Å². The standard InChI is InChI=1S/C18H14.CH4N2O/c1-3-9-15(10-4-1)17-13-7-8-14-18(17)16-11-5-2-6-12-16;2-1(3)4/h1-14H;(H4,2,3,4). The first-order valence-corrected chi connectivity index (χ1v) is 6.93. The molecule has 3 nitrogen and oxygen atoms in total. The van der Waals surface area contributed by atoms with Gasteiger partial charge in [0.2, 0.25) is 0 Å². The van der Waals surface area contributed by atoms with Crippen molar-refractivity contribution in [1.29, 1.82) is 0 Å². The van der Waals surface area contributed by atoms with Crippen LogP contribution in [0.5, 0.6) is 0 Å². The largest absolute Gasteiger partial charge is 0.352 e. The molecule has 22 heavy (non-hydrogen) atoms. The van der Waals surface area contributed by atoms with Gasteiger partial charge in [0, 0.05) is 0 Å². The molecule has 2 amide bonds. The zero-order chi connectivity index (χ0) is 15.8. The number of amides is 2. The van der Waals surface area contributed by atoms with Crippen LogP contribution in [0.25, 0.3) is 22.3 Å². The Morgan fingerprint density at radius 1 is 0.545 bits per heavy atom. The maximum Gasteiger partial charge on any atom is 0.309 e. The summed E-state index contributed by atoms with van der Waals surface area (Å²) in [5, 5.41) is 0. The van der Waals surface area contributed by atoms with E-state index in [9.17, 15) is 0 Å². The van der Waals surface area contributed by atoms with E-state index in [1.807, 2.05) is 0 Å².